The maximum Gasteiger partial charge on any atom is 0.238 e. The van der Waals surface area contributed by atoms with Gasteiger partial charge in [0.1, 0.15) is 18.2 Å². The lowest BCUT2D eigenvalue weighted by Crippen LogP contribution is -2.52. The van der Waals surface area contributed by atoms with Crippen LogP contribution in [0.2, 0.25) is 0 Å². The molecule has 1 fully saturated rings. The number of imidazole rings is 1. The van der Waals surface area contributed by atoms with E-state index in [1.54, 1.807) is 6.07 Å². The van der Waals surface area contributed by atoms with Crippen LogP contribution in [0, 0.1) is 17.3 Å². The molecule has 1 saturated heterocycles. The summed E-state index contributed by atoms with van der Waals surface area (Å²) >= 11 is 0. The number of hydrogen-bond donors (Lipinski definition) is 1. The van der Waals surface area contributed by atoms with Gasteiger partial charge in [0, 0.05) is 37.8 Å². The molecule has 6 rings (SSSR count). The minimum Gasteiger partial charge on any atom is -0.488 e. The van der Waals surface area contributed by atoms with Crippen LogP contribution >= 0.6 is 0 Å². The van der Waals surface area contributed by atoms with Crippen LogP contribution in [0.5, 0.6) is 5.75 Å². The number of H-pyrrole nitrogens is 1. The third-order valence-electron chi connectivity index (χ3n) is 6.85. The molecule has 3 heterocycles. The van der Waals surface area contributed by atoms with E-state index in [9.17, 15) is 9.65 Å². The van der Waals surface area contributed by atoms with Crippen LogP contribution in [0.1, 0.15) is 22.3 Å². The number of nitriles is 1. The fourth-order valence-corrected chi connectivity index (χ4v) is 4.99. The van der Waals surface area contributed by atoms with Crippen LogP contribution in [-0.4, -0.2) is 47.8 Å². The van der Waals surface area contributed by atoms with Crippen molar-refractivity contribution in [2.75, 3.05) is 38.2 Å². The quantitative estimate of drug-likeness (QED) is 0.443. The van der Waals surface area contributed by atoms with Gasteiger partial charge in [-0.15, -0.1) is 4.99 Å². The molecule has 1 N–H and O–H groups in total. The van der Waals surface area contributed by atoms with Gasteiger partial charge in [0.2, 0.25) is 11.8 Å². The first-order valence-corrected chi connectivity index (χ1v) is 11.9. The molecule has 180 valence electrons. The number of aromatic nitrogens is 2. The van der Waals surface area contributed by atoms with Crippen molar-refractivity contribution in [1.29, 1.82) is 5.26 Å². The summed E-state index contributed by atoms with van der Waals surface area (Å²) in [4.78, 5) is 9.67. The topological polar surface area (TPSA) is 72.6 Å². The van der Waals surface area contributed by atoms with E-state index in [1.807, 2.05) is 29.1 Å². The predicted octanol–water partition coefficient (Wildman–Crippen LogP) is 3.85. The van der Waals surface area contributed by atoms with Crippen molar-refractivity contribution in [3.63, 3.8) is 0 Å². The molecule has 0 radical (unpaired) electrons. The summed E-state index contributed by atoms with van der Waals surface area (Å²) in [6.45, 7) is 3.95. The highest BCUT2D eigenvalue weighted by atomic mass is 19.1. The number of hydrogen-bond acceptors (Lipinski definition) is 5. The number of benzene rings is 3. The zero-order valence-corrected chi connectivity index (χ0v) is 19.9. The normalized spacial score (nSPS) is 17.4. The number of likely N-dealkylation sites (N-methyl/N-ethyl adjacent to an activating group) is 1. The van der Waals surface area contributed by atoms with Gasteiger partial charge in [0.15, 0.2) is 0 Å². The number of ether oxygens (including phenoxy) is 1. The summed E-state index contributed by atoms with van der Waals surface area (Å²) in [5, 5.41) is 11.5. The van der Waals surface area contributed by atoms with E-state index in [0.717, 1.165) is 65.0 Å². The van der Waals surface area contributed by atoms with Crippen molar-refractivity contribution in [2.45, 2.75) is 6.61 Å². The third-order valence-corrected chi connectivity index (χ3v) is 6.85. The zero-order chi connectivity index (χ0) is 24.6. The van der Waals surface area contributed by atoms with Crippen molar-refractivity contribution in [3.8, 4) is 11.9 Å². The Morgan fingerprint density at radius 3 is 2.69 bits per heavy atom. The van der Waals surface area contributed by atoms with Gasteiger partial charge in [0.05, 0.1) is 11.0 Å². The van der Waals surface area contributed by atoms with Gasteiger partial charge < -0.3 is 19.6 Å². The van der Waals surface area contributed by atoms with E-state index in [0.29, 0.717) is 18.0 Å². The molecule has 8 heteroatoms. The molecule has 0 atom stereocenters. The van der Waals surface area contributed by atoms with E-state index in [1.165, 1.54) is 12.1 Å². The van der Waals surface area contributed by atoms with Gasteiger partial charge >= 0.3 is 0 Å². The fraction of sp³-hybridized carbons (Fsp3) is 0.214. The van der Waals surface area contributed by atoms with Crippen molar-refractivity contribution >= 4 is 22.7 Å². The molecular formula is C28H25FN6O. The Bertz CT molecular complexity index is 1600. The van der Waals surface area contributed by atoms with Crippen molar-refractivity contribution in [2.24, 2.45) is 4.99 Å². The van der Waals surface area contributed by atoms with Gasteiger partial charge in [-0.2, -0.15) is 5.26 Å². The highest BCUT2D eigenvalue weighted by Crippen LogP contribution is 2.38. The summed E-state index contributed by atoms with van der Waals surface area (Å²) in [7, 11) is 2.11. The molecule has 7 nitrogen and oxygen atoms in total. The zero-order valence-electron chi connectivity index (χ0n) is 19.9. The largest absolute Gasteiger partial charge is 0.488 e. The number of nitrogens with one attached hydrogen (secondary N) is 1. The van der Waals surface area contributed by atoms with Crippen molar-refractivity contribution in [1.82, 2.24) is 14.6 Å². The lowest BCUT2D eigenvalue weighted by atomic mass is 9.92. The molecule has 0 aliphatic carbocycles. The summed E-state index contributed by atoms with van der Waals surface area (Å²) in [5.74, 6) is 0.204. The Morgan fingerprint density at radius 2 is 1.86 bits per heavy atom. The maximum absolute atomic E-state index is 14.0. The smallest absolute Gasteiger partial charge is 0.238 e. The maximum atomic E-state index is 14.0. The minimum atomic E-state index is -0.325. The van der Waals surface area contributed by atoms with E-state index in [4.69, 9.17) is 4.74 Å². The molecule has 2 aliphatic rings. The van der Waals surface area contributed by atoms with Crippen LogP contribution in [0.3, 0.4) is 0 Å². The molecule has 4 aromatic rings. The van der Waals surface area contributed by atoms with Crippen LogP contribution < -0.4 is 15.4 Å². The molecule has 0 amide bonds. The lowest BCUT2D eigenvalue weighted by Gasteiger charge is -2.34. The molecule has 3 aromatic carbocycles. The molecule has 2 aliphatic heterocycles. The van der Waals surface area contributed by atoms with E-state index in [-0.39, 0.29) is 5.82 Å². The summed E-state index contributed by atoms with van der Waals surface area (Å²) in [5.41, 5.74) is 7.25. The van der Waals surface area contributed by atoms with E-state index in [2.05, 4.69) is 57.3 Å². The van der Waals surface area contributed by atoms with Crippen LogP contribution in [0.15, 0.2) is 65.7 Å². The van der Waals surface area contributed by atoms with E-state index < -0.39 is 0 Å². The average Bonchev–Trinajstić information content (AvgIpc) is 3.16. The van der Waals surface area contributed by atoms with Crippen molar-refractivity contribution < 1.29 is 9.13 Å². The van der Waals surface area contributed by atoms with Gasteiger partial charge in [-0.3, -0.25) is 0 Å². The number of nitrogens with zero attached hydrogens (tertiary/aromatic N) is 5. The highest BCUT2D eigenvalue weighted by Gasteiger charge is 2.21. The van der Waals surface area contributed by atoms with Gasteiger partial charge in [-0.1, -0.05) is 30.3 Å². The molecule has 36 heavy (non-hydrogen) atoms. The van der Waals surface area contributed by atoms with Crippen molar-refractivity contribution in [3.05, 3.63) is 94.4 Å². The van der Waals surface area contributed by atoms with Gasteiger partial charge in [0.25, 0.3) is 0 Å². The Morgan fingerprint density at radius 1 is 1.03 bits per heavy atom. The Balaban J connectivity index is 1.50. The summed E-state index contributed by atoms with van der Waals surface area (Å²) < 4.78 is 22.0. The second kappa shape index (κ2) is 9.02. The van der Waals surface area contributed by atoms with Crippen LogP contribution in [0.4, 0.5) is 4.39 Å². The number of piperazine rings is 1. The summed E-state index contributed by atoms with van der Waals surface area (Å²) in [6, 6.07) is 18.9. The SMILES string of the molecule is CN1CCN(n2/c(=N/C#N)[nH]c3cc(/C=C4\c5ccccc5COc5cc(F)ccc54)ccc32)CC1. The first-order chi connectivity index (χ1) is 17.6. The van der Waals surface area contributed by atoms with Gasteiger partial charge in [-0.05, 0) is 59.7 Å². The highest BCUT2D eigenvalue weighted by molar-refractivity contribution is 5.95. The first kappa shape index (κ1) is 22.1. The van der Waals surface area contributed by atoms with E-state index >= 15 is 0 Å². The van der Waals surface area contributed by atoms with Crippen LogP contribution in [-0.2, 0) is 6.61 Å². The molecule has 0 spiro atoms. The Labute approximate surface area is 208 Å². The summed E-state index contributed by atoms with van der Waals surface area (Å²) in [6.07, 6.45) is 4.03. The third kappa shape index (κ3) is 3.93. The number of fused-ring (bicyclic) bond motifs is 3. The monoisotopic (exact) mass is 480 g/mol. The average molecular weight is 481 g/mol. The number of halogens is 1. The van der Waals surface area contributed by atoms with Gasteiger partial charge in [-0.25, -0.2) is 9.07 Å². The Hall–Kier alpha value is -4.35. The second-order valence-corrected chi connectivity index (χ2v) is 9.15. The fourth-order valence-electron chi connectivity index (χ4n) is 4.99. The predicted molar refractivity (Wildman–Crippen MR) is 137 cm³/mol. The molecule has 1 aromatic heterocycles. The molecular weight excluding hydrogens is 455 g/mol. The lowest BCUT2D eigenvalue weighted by molar-refractivity contribution is 0.287. The minimum absolute atomic E-state index is 0.325. The molecule has 0 saturated carbocycles. The number of aromatic amines is 1. The molecule has 0 bridgehead atoms. The standard InChI is InChI=1S/C28H25FN6O/c1-33-10-12-34(13-11-33)35-26-9-6-19(15-25(26)32-28(35)31-18-30)14-24-22-5-3-2-4-20(22)17-36-27-16-21(29)7-8-23(24)27/h2-9,14-16H,10-13,17H2,1H3,(H,31,32)/b24-14+. The second-order valence-electron chi connectivity index (χ2n) is 9.15. The number of rotatable bonds is 2. The van der Waals surface area contributed by atoms with Crippen LogP contribution in [0.25, 0.3) is 22.7 Å². The molecule has 0 unspecified atom stereocenters. The Kier molecular flexibility index (Phi) is 5.55. The first-order valence-electron chi connectivity index (χ1n) is 11.9.